The zero-order valence-electron chi connectivity index (χ0n) is 13.3. The van der Waals surface area contributed by atoms with E-state index < -0.39 is 5.63 Å². The van der Waals surface area contributed by atoms with Gasteiger partial charge in [-0.2, -0.15) is 0 Å². The first-order valence-electron chi connectivity index (χ1n) is 7.76. The Morgan fingerprint density at radius 1 is 1.30 bits per heavy atom. The van der Waals surface area contributed by atoms with Crippen molar-refractivity contribution in [1.82, 2.24) is 0 Å². The van der Waals surface area contributed by atoms with Crippen molar-refractivity contribution in [3.63, 3.8) is 0 Å². The molecule has 2 aromatic rings. The molecule has 1 atom stereocenters. The number of fused-ring (bicyclic) bond motifs is 1. The number of ketones is 1. The summed E-state index contributed by atoms with van der Waals surface area (Å²) in [5.41, 5.74) is -0.213. The van der Waals surface area contributed by atoms with Crippen molar-refractivity contribution in [2.75, 3.05) is 13.2 Å². The maximum atomic E-state index is 12.3. The molecular weight excluding hydrogens is 296 g/mol. The van der Waals surface area contributed by atoms with Gasteiger partial charge in [-0.15, -0.1) is 0 Å². The second kappa shape index (κ2) is 6.16. The molecule has 1 aromatic heterocycles. The largest absolute Gasteiger partial charge is 0.486 e. The number of hydrogen-bond acceptors (Lipinski definition) is 5. The molecule has 0 radical (unpaired) electrons. The number of rotatable bonds is 4. The Bertz CT molecular complexity index is 774. The summed E-state index contributed by atoms with van der Waals surface area (Å²) in [5.74, 6) is 0.569. The molecule has 0 bridgehead atoms. The molecule has 1 aromatic carbocycles. The van der Waals surface area contributed by atoms with Gasteiger partial charge in [0, 0.05) is 30.0 Å². The smallest absolute Gasteiger partial charge is 0.336 e. The van der Waals surface area contributed by atoms with Gasteiger partial charge in [0.25, 0.3) is 0 Å². The molecule has 0 N–H and O–H groups in total. The van der Waals surface area contributed by atoms with Crippen molar-refractivity contribution >= 4 is 16.8 Å². The number of hydrogen-bond donors (Lipinski definition) is 0. The molecule has 3 rings (SSSR count). The highest BCUT2D eigenvalue weighted by Gasteiger charge is 2.32. The average Bonchev–Trinajstić information content (AvgIpc) is 2.51. The zero-order valence-corrected chi connectivity index (χ0v) is 13.3. The van der Waals surface area contributed by atoms with E-state index in [9.17, 15) is 9.59 Å². The van der Waals surface area contributed by atoms with Crippen molar-refractivity contribution in [2.45, 2.75) is 32.3 Å². The lowest BCUT2D eigenvalue weighted by atomic mass is 9.86. The van der Waals surface area contributed by atoms with Gasteiger partial charge in [0.1, 0.15) is 17.9 Å². The minimum atomic E-state index is -0.407. The van der Waals surface area contributed by atoms with Crippen LogP contribution in [0.25, 0.3) is 11.0 Å². The number of carbonyl (C=O) groups is 1. The molecule has 1 fully saturated rings. The van der Waals surface area contributed by atoms with Gasteiger partial charge in [-0.05, 0) is 44.9 Å². The van der Waals surface area contributed by atoms with E-state index in [1.807, 2.05) is 13.8 Å². The van der Waals surface area contributed by atoms with Crippen LogP contribution >= 0.6 is 0 Å². The highest BCUT2D eigenvalue weighted by Crippen LogP contribution is 2.29. The molecule has 0 unspecified atom stereocenters. The highest BCUT2D eigenvalue weighted by molar-refractivity contribution is 5.83. The van der Waals surface area contributed by atoms with Crippen LogP contribution in [0.2, 0.25) is 0 Å². The SMILES string of the molecule is CC1(C)C[C@@H](C(=O)COc2ccc3ccc(=O)oc3c2)CCO1. The van der Waals surface area contributed by atoms with Crippen LogP contribution in [0.4, 0.5) is 0 Å². The fourth-order valence-electron chi connectivity index (χ4n) is 2.91. The lowest BCUT2D eigenvalue weighted by Gasteiger charge is -2.34. The van der Waals surface area contributed by atoms with Crippen molar-refractivity contribution in [3.8, 4) is 5.75 Å². The lowest BCUT2D eigenvalue weighted by molar-refractivity contribution is -0.135. The van der Waals surface area contributed by atoms with Gasteiger partial charge in [-0.3, -0.25) is 4.79 Å². The van der Waals surface area contributed by atoms with E-state index in [1.54, 1.807) is 24.3 Å². The molecule has 0 amide bonds. The van der Waals surface area contributed by atoms with Crippen molar-refractivity contribution < 1.29 is 18.7 Å². The van der Waals surface area contributed by atoms with Crippen LogP contribution in [0.5, 0.6) is 5.75 Å². The third-order valence-electron chi connectivity index (χ3n) is 4.13. The van der Waals surface area contributed by atoms with Gasteiger partial charge < -0.3 is 13.9 Å². The predicted octanol–water partition coefficient (Wildman–Crippen LogP) is 2.95. The summed E-state index contributed by atoms with van der Waals surface area (Å²) in [7, 11) is 0. The molecule has 2 heterocycles. The van der Waals surface area contributed by atoms with E-state index >= 15 is 0 Å². The summed E-state index contributed by atoms with van der Waals surface area (Å²) < 4.78 is 16.3. The highest BCUT2D eigenvalue weighted by atomic mass is 16.5. The van der Waals surface area contributed by atoms with Crippen LogP contribution in [0, 0.1) is 5.92 Å². The van der Waals surface area contributed by atoms with Gasteiger partial charge in [-0.1, -0.05) is 0 Å². The van der Waals surface area contributed by atoms with E-state index in [1.165, 1.54) is 6.07 Å². The first-order valence-corrected chi connectivity index (χ1v) is 7.76. The Kier molecular flexibility index (Phi) is 4.22. The zero-order chi connectivity index (χ0) is 16.4. The van der Waals surface area contributed by atoms with E-state index in [0.717, 1.165) is 11.8 Å². The van der Waals surface area contributed by atoms with E-state index in [2.05, 4.69) is 0 Å². The van der Waals surface area contributed by atoms with Crippen LogP contribution < -0.4 is 10.4 Å². The Hall–Kier alpha value is -2.14. The summed E-state index contributed by atoms with van der Waals surface area (Å²) in [6.07, 6.45) is 1.44. The number of carbonyl (C=O) groups excluding carboxylic acids is 1. The monoisotopic (exact) mass is 316 g/mol. The molecule has 0 spiro atoms. The topological polar surface area (TPSA) is 65.7 Å². The number of Topliss-reactive ketones (excluding diaryl/α,β-unsaturated/α-hetero) is 1. The van der Waals surface area contributed by atoms with Crippen LogP contribution in [0.15, 0.2) is 39.5 Å². The maximum absolute atomic E-state index is 12.3. The summed E-state index contributed by atoms with van der Waals surface area (Å²) in [6, 6.07) is 8.27. The Balaban J connectivity index is 1.66. The molecule has 0 aliphatic carbocycles. The van der Waals surface area contributed by atoms with Gasteiger partial charge in [0.2, 0.25) is 0 Å². The van der Waals surface area contributed by atoms with Crippen LogP contribution in [-0.4, -0.2) is 24.6 Å². The normalized spacial score (nSPS) is 20.3. The second-order valence-electron chi connectivity index (χ2n) is 6.51. The molecule has 5 heteroatoms. The minimum Gasteiger partial charge on any atom is -0.486 e. The average molecular weight is 316 g/mol. The molecule has 1 aliphatic rings. The van der Waals surface area contributed by atoms with Crippen LogP contribution in [0.3, 0.4) is 0 Å². The number of ether oxygens (including phenoxy) is 2. The Morgan fingerprint density at radius 2 is 2.09 bits per heavy atom. The third kappa shape index (κ3) is 3.79. The second-order valence-corrected chi connectivity index (χ2v) is 6.51. The third-order valence-corrected chi connectivity index (χ3v) is 4.13. The maximum Gasteiger partial charge on any atom is 0.336 e. The van der Waals surface area contributed by atoms with Gasteiger partial charge >= 0.3 is 5.63 Å². The lowest BCUT2D eigenvalue weighted by Crippen LogP contribution is -2.38. The van der Waals surface area contributed by atoms with Crippen molar-refractivity contribution in [2.24, 2.45) is 5.92 Å². The summed E-state index contributed by atoms with van der Waals surface area (Å²) >= 11 is 0. The van der Waals surface area contributed by atoms with Gasteiger partial charge in [-0.25, -0.2) is 4.79 Å². The molecule has 1 aliphatic heterocycles. The summed E-state index contributed by atoms with van der Waals surface area (Å²) in [4.78, 5) is 23.6. The van der Waals surface area contributed by atoms with Crippen LogP contribution in [0.1, 0.15) is 26.7 Å². The summed E-state index contributed by atoms with van der Waals surface area (Å²) in [6.45, 7) is 4.62. The minimum absolute atomic E-state index is 0.0172. The molecule has 1 saturated heterocycles. The molecule has 5 nitrogen and oxygen atoms in total. The Labute approximate surface area is 134 Å². The molecule has 122 valence electrons. The molecular formula is C18H20O5. The fourth-order valence-corrected chi connectivity index (χ4v) is 2.91. The fraction of sp³-hybridized carbons (Fsp3) is 0.444. The van der Waals surface area contributed by atoms with E-state index in [-0.39, 0.29) is 23.9 Å². The van der Waals surface area contributed by atoms with Gasteiger partial charge in [0.05, 0.1) is 5.60 Å². The quantitative estimate of drug-likeness (QED) is 0.811. The Morgan fingerprint density at radius 3 is 2.87 bits per heavy atom. The van der Waals surface area contributed by atoms with Crippen molar-refractivity contribution in [1.29, 1.82) is 0 Å². The molecule has 23 heavy (non-hydrogen) atoms. The predicted molar refractivity (Wildman–Crippen MR) is 85.7 cm³/mol. The van der Waals surface area contributed by atoms with E-state index in [0.29, 0.717) is 24.4 Å². The molecule has 0 saturated carbocycles. The first-order chi connectivity index (χ1) is 10.9. The van der Waals surface area contributed by atoms with Gasteiger partial charge in [0.15, 0.2) is 5.78 Å². The summed E-state index contributed by atoms with van der Waals surface area (Å²) in [5, 5.41) is 0.814. The van der Waals surface area contributed by atoms with E-state index in [4.69, 9.17) is 13.9 Å². The standard InChI is InChI=1S/C18H20O5/c1-18(2)10-13(7-8-22-18)15(19)11-21-14-5-3-12-4-6-17(20)23-16(12)9-14/h3-6,9,13H,7-8,10-11H2,1-2H3/t13-/m0/s1. The van der Waals surface area contributed by atoms with Crippen molar-refractivity contribution in [3.05, 3.63) is 40.8 Å². The van der Waals surface area contributed by atoms with Crippen LogP contribution in [-0.2, 0) is 9.53 Å². The first kappa shape index (κ1) is 15.7. The number of benzene rings is 1.